The Bertz CT molecular complexity index is 542. The average molecular weight is 291 g/mol. The van der Waals surface area contributed by atoms with E-state index >= 15 is 0 Å². The first-order valence-corrected chi connectivity index (χ1v) is 7.93. The Morgan fingerprint density at radius 2 is 2.20 bits per heavy atom. The summed E-state index contributed by atoms with van der Waals surface area (Å²) in [6, 6.07) is 6.97. The third kappa shape index (κ3) is 3.05. The normalized spacial score (nSPS) is 22.0. The summed E-state index contributed by atoms with van der Waals surface area (Å²) in [5, 5.41) is 24.0. The number of nitro benzene ring substituents is 1. The number of hydrogen-bond donors (Lipinski definition) is 1. The molecule has 0 heterocycles. The SMILES string of the molecule is CSC1CCCCC1Nc1cccc(C#N)c1[N+](=O)[O-]. The fourth-order valence-corrected chi connectivity index (χ4v) is 3.63. The lowest BCUT2D eigenvalue weighted by Gasteiger charge is -2.31. The maximum Gasteiger partial charge on any atom is 0.309 e. The molecule has 6 heteroatoms. The van der Waals surface area contributed by atoms with Crippen LogP contribution in [0.15, 0.2) is 18.2 Å². The van der Waals surface area contributed by atoms with E-state index in [-0.39, 0.29) is 17.3 Å². The van der Waals surface area contributed by atoms with Crippen LogP contribution in [-0.2, 0) is 0 Å². The van der Waals surface area contributed by atoms with Crippen molar-refractivity contribution in [1.29, 1.82) is 5.26 Å². The number of rotatable bonds is 4. The minimum absolute atomic E-state index is 0.108. The van der Waals surface area contributed by atoms with Crippen LogP contribution in [0, 0.1) is 21.4 Å². The van der Waals surface area contributed by atoms with Crippen molar-refractivity contribution >= 4 is 23.1 Å². The van der Waals surface area contributed by atoms with Crippen molar-refractivity contribution < 1.29 is 4.92 Å². The van der Waals surface area contributed by atoms with Crippen LogP contribution in [0.3, 0.4) is 0 Å². The maximum absolute atomic E-state index is 11.2. The van der Waals surface area contributed by atoms with Gasteiger partial charge in [0.2, 0.25) is 0 Å². The van der Waals surface area contributed by atoms with E-state index in [0.717, 1.165) is 19.3 Å². The van der Waals surface area contributed by atoms with Crippen molar-refractivity contribution in [1.82, 2.24) is 0 Å². The zero-order valence-corrected chi connectivity index (χ0v) is 12.2. The van der Waals surface area contributed by atoms with Crippen LogP contribution in [-0.4, -0.2) is 22.5 Å². The van der Waals surface area contributed by atoms with Gasteiger partial charge in [0.15, 0.2) is 0 Å². The van der Waals surface area contributed by atoms with Crippen LogP contribution >= 0.6 is 11.8 Å². The summed E-state index contributed by atoms with van der Waals surface area (Å²) >= 11 is 1.80. The number of hydrogen-bond acceptors (Lipinski definition) is 5. The van der Waals surface area contributed by atoms with E-state index in [4.69, 9.17) is 5.26 Å². The predicted octanol–water partition coefficient (Wildman–Crippen LogP) is 3.55. The monoisotopic (exact) mass is 291 g/mol. The Kier molecular flexibility index (Phi) is 4.85. The van der Waals surface area contributed by atoms with Gasteiger partial charge in [-0.2, -0.15) is 17.0 Å². The van der Waals surface area contributed by atoms with Crippen molar-refractivity contribution in [2.45, 2.75) is 37.0 Å². The number of nitriles is 1. The minimum atomic E-state index is -0.474. The molecule has 1 saturated carbocycles. The molecule has 1 aromatic carbocycles. The maximum atomic E-state index is 11.2. The highest BCUT2D eigenvalue weighted by Gasteiger charge is 2.27. The van der Waals surface area contributed by atoms with Gasteiger partial charge in [0.25, 0.3) is 0 Å². The van der Waals surface area contributed by atoms with Gasteiger partial charge in [-0.25, -0.2) is 0 Å². The van der Waals surface area contributed by atoms with E-state index in [2.05, 4.69) is 11.6 Å². The Morgan fingerprint density at radius 3 is 2.85 bits per heavy atom. The van der Waals surface area contributed by atoms with Gasteiger partial charge in [0.05, 0.1) is 4.92 Å². The van der Waals surface area contributed by atoms with Crippen molar-refractivity contribution in [2.75, 3.05) is 11.6 Å². The lowest BCUT2D eigenvalue weighted by atomic mass is 9.94. The highest BCUT2D eigenvalue weighted by atomic mass is 32.2. The molecular formula is C14H17N3O2S. The van der Waals surface area contributed by atoms with Crippen LogP contribution in [0.4, 0.5) is 11.4 Å². The van der Waals surface area contributed by atoms with Crippen LogP contribution in [0.1, 0.15) is 31.2 Å². The van der Waals surface area contributed by atoms with E-state index < -0.39 is 4.92 Å². The van der Waals surface area contributed by atoms with E-state index in [1.54, 1.807) is 23.9 Å². The van der Waals surface area contributed by atoms with Gasteiger partial charge >= 0.3 is 5.69 Å². The van der Waals surface area contributed by atoms with Crippen LogP contribution in [0.2, 0.25) is 0 Å². The molecule has 0 spiro atoms. The van der Waals surface area contributed by atoms with Gasteiger partial charge in [0, 0.05) is 11.3 Å². The van der Waals surface area contributed by atoms with Gasteiger partial charge in [-0.15, -0.1) is 0 Å². The van der Waals surface area contributed by atoms with E-state index in [1.165, 1.54) is 12.5 Å². The summed E-state index contributed by atoms with van der Waals surface area (Å²) in [5.74, 6) is 0. The Hall–Kier alpha value is -1.74. The first-order valence-electron chi connectivity index (χ1n) is 6.64. The second kappa shape index (κ2) is 6.62. The molecule has 20 heavy (non-hydrogen) atoms. The Balaban J connectivity index is 2.29. The van der Waals surface area contributed by atoms with Crippen molar-refractivity contribution in [3.05, 3.63) is 33.9 Å². The lowest BCUT2D eigenvalue weighted by molar-refractivity contribution is -0.384. The van der Waals surface area contributed by atoms with Crippen molar-refractivity contribution in [3.63, 3.8) is 0 Å². The standard InChI is InChI=1S/C14H17N3O2S/c1-20-13-8-3-2-6-11(13)16-12-7-4-5-10(9-15)14(12)17(18)19/h4-5,7,11,13,16H,2-3,6,8H2,1H3. The molecule has 0 bridgehead atoms. The van der Waals surface area contributed by atoms with Crippen LogP contribution in [0.5, 0.6) is 0 Å². The summed E-state index contributed by atoms with van der Waals surface area (Å²) in [5.41, 5.74) is 0.455. The molecule has 0 amide bonds. The fraction of sp³-hybridized carbons (Fsp3) is 0.500. The molecule has 2 unspecified atom stereocenters. The summed E-state index contributed by atoms with van der Waals surface area (Å²) in [6.07, 6.45) is 6.57. The number of nitro groups is 1. The summed E-state index contributed by atoms with van der Waals surface area (Å²) < 4.78 is 0. The molecule has 106 valence electrons. The highest BCUT2D eigenvalue weighted by Crippen LogP contribution is 2.33. The molecule has 1 aromatic rings. The zero-order valence-electron chi connectivity index (χ0n) is 11.3. The first kappa shape index (κ1) is 14.7. The van der Waals surface area contributed by atoms with E-state index in [9.17, 15) is 10.1 Å². The number of benzene rings is 1. The largest absolute Gasteiger partial charge is 0.376 e. The molecule has 2 rings (SSSR count). The topological polar surface area (TPSA) is 79.0 Å². The van der Waals surface area contributed by atoms with Crippen molar-refractivity contribution in [2.24, 2.45) is 0 Å². The molecule has 0 radical (unpaired) electrons. The molecular weight excluding hydrogens is 274 g/mol. The summed E-state index contributed by atoms with van der Waals surface area (Å²) in [4.78, 5) is 10.7. The number of anilines is 1. The lowest BCUT2D eigenvalue weighted by Crippen LogP contribution is -2.34. The molecule has 5 nitrogen and oxygen atoms in total. The average Bonchev–Trinajstić information content (AvgIpc) is 2.47. The second-order valence-electron chi connectivity index (χ2n) is 4.88. The fourth-order valence-electron chi connectivity index (χ4n) is 2.69. The third-order valence-electron chi connectivity index (χ3n) is 3.69. The molecule has 1 aliphatic carbocycles. The summed E-state index contributed by atoms with van der Waals surface area (Å²) in [7, 11) is 0. The molecule has 0 saturated heterocycles. The van der Waals surface area contributed by atoms with Crippen LogP contribution in [0.25, 0.3) is 0 Å². The van der Waals surface area contributed by atoms with Gasteiger partial charge in [0.1, 0.15) is 17.3 Å². The quantitative estimate of drug-likeness (QED) is 0.678. The number of thioether (sulfide) groups is 1. The zero-order chi connectivity index (χ0) is 14.5. The molecule has 1 fully saturated rings. The Morgan fingerprint density at radius 1 is 1.45 bits per heavy atom. The minimum Gasteiger partial charge on any atom is -0.376 e. The molecule has 0 aromatic heterocycles. The van der Waals surface area contributed by atoms with E-state index in [0.29, 0.717) is 10.9 Å². The predicted molar refractivity (Wildman–Crippen MR) is 81.0 cm³/mol. The van der Waals surface area contributed by atoms with Gasteiger partial charge < -0.3 is 5.32 Å². The van der Waals surface area contributed by atoms with Gasteiger partial charge in [-0.05, 0) is 31.2 Å². The second-order valence-corrected chi connectivity index (χ2v) is 5.96. The third-order valence-corrected chi connectivity index (χ3v) is 4.85. The highest BCUT2D eigenvalue weighted by molar-refractivity contribution is 7.99. The number of nitrogens with zero attached hydrogens (tertiary/aromatic N) is 2. The summed E-state index contributed by atoms with van der Waals surface area (Å²) in [6.45, 7) is 0. The molecule has 1 N–H and O–H groups in total. The Labute approximate surface area is 122 Å². The number of para-hydroxylation sites is 1. The van der Waals surface area contributed by atoms with Gasteiger partial charge in [-0.1, -0.05) is 18.9 Å². The first-order chi connectivity index (χ1) is 9.67. The molecule has 0 aliphatic heterocycles. The van der Waals surface area contributed by atoms with E-state index in [1.807, 2.05) is 6.07 Å². The smallest absolute Gasteiger partial charge is 0.309 e. The molecule has 2 atom stereocenters. The number of nitrogens with one attached hydrogen (secondary N) is 1. The van der Waals surface area contributed by atoms with Gasteiger partial charge in [-0.3, -0.25) is 10.1 Å². The van der Waals surface area contributed by atoms with Crippen molar-refractivity contribution in [3.8, 4) is 6.07 Å². The van der Waals surface area contributed by atoms with Crippen LogP contribution < -0.4 is 5.32 Å². The molecule has 1 aliphatic rings.